The van der Waals surface area contributed by atoms with Crippen LogP contribution in [0.4, 0.5) is 0 Å². The van der Waals surface area contributed by atoms with Gasteiger partial charge in [0.1, 0.15) is 0 Å². The predicted octanol–water partition coefficient (Wildman–Crippen LogP) is 3.28. The number of fused-ring (bicyclic) bond motifs is 1. The molecule has 106 valence electrons. The zero-order valence-electron chi connectivity index (χ0n) is 12.5. The van der Waals surface area contributed by atoms with Crippen LogP contribution in [0.25, 0.3) is 0 Å². The summed E-state index contributed by atoms with van der Waals surface area (Å²) in [6.45, 7) is 9.99. The van der Waals surface area contributed by atoms with E-state index in [4.69, 9.17) is 0 Å². The Morgan fingerprint density at radius 2 is 1.89 bits per heavy atom. The third kappa shape index (κ3) is 3.96. The standard InChI is InChI=1S/C16H32N2/c1-3-4-5-6-7-8-14(2)18-10-9-15-11-17-12-16(15)13-18/h14-17H,3-13H2,1-2H3. The van der Waals surface area contributed by atoms with Crippen LogP contribution in [-0.2, 0) is 0 Å². The summed E-state index contributed by atoms with van der Waals surface area (Å²) < 4.78 is 0. The third-order valence-corrected chi connectivity index (χ3v) is 5.08. The number of piperidine rings is 1. The summed E-state index contributed by atoms with van der Waals surface area (Å²) in [4.78, 5) is 2.76. The quantitative estimate of drug-likeness (QED) is 0.700. The van der Waals surface area contributed by atoms with Crippen molar-refractivity contribution in [3.8, 4) is 0 Å². The Kier molecular flexibility index (Phi) is 5.97. The molecule has 18 heavy (non-hydrogen) atoms. The van der Waals surface area contributed by atoms with Gasteiger partial charge in [0.05, 0.1) is 0 Å². The second-order valence-corrected chi connectivity index (χ2v) is 6.51. The average Bonchev–Trinajstić information content (AvgIpc) is 2.85. The number of nitrogens with zero attached hydrogens (tertiary/aromatic N) is 1. The molecule has 0 aromatic heterocycles. The van der Waals surface area contributed by atoms with Crippen molar-refractivity contribution in [2.24, 2.45) is 11.8 Å². The van der Waals surface area contributed by atoms with E-state index in [-0.39, 0.29) is 0 Å². The minimum atomic E-state index is 0.813. The van der Waals surface area contributed by atoms with E-state index in [9.17, 15) is 0 Å². The molecule has 1 N–H and O–H groups in total. The van der Waals surface area contributed by atoms with E-state index in [2.05, 4.69) is 24.1 Å². The summed E-state index contributed by atoms with van der Waals surface area (Å²) in [5, 5.41) is 3.56. The summed E-state index contributed by atoms with van der Waals surface area (Å²) in [6, 6.07) is 0.813. The van der Waals surface area contributed by atoms with Crippen LogP contribution in [0.3, 0.4) is 0 Å². The first-order valence-corrected chi connectivity index (χ1v) is 8.26. The van der Waals surface area contributed by atoms with Gasteiger partial charge < -0.3 is 10.2 Å². The Morgan fingerprint density at radius 3 is 2.72 bits per heavy atom. The molecule has 3 atom stereocenters. The Balaban J connectivity index is 1.61. The smallest absolute Gasteiger partial charge is 0.00670 e. The lowest BCUT2D eigenvalue weighted by Crippen LogP contribution is -2.44. The molecule has 0 radical (unpaired) electrons. The normalized spacial score (nSPS) is 30.3. The van der Waals surface area contributed by atoms with Gasteiger partial charge in [0.15, 0.2) is 0 Å². The topological polar surface area (TPSA) is 15.3 Å². The first-order chi connectivity index (χ1) is 8.81. The van der Waals surface area contributed by atoms with E-state index in [1.54, 1.807) is 0 Å². The average molecular weight is 252 g/mol. The van der Waals surface area contributed by atoms with Crippen LogP contribution in [0, 0.1) is 11.8 Å². The van der Waals surface area contributed by atoms with Gasteiger partial charge in [0.2, 0.25) is 0 Å². The van der Waals surface area contributed by atoms with Crippen molar-refractivity contribution >= 4 is 0 Å². The lowest BCUT2D eigenvalue weighted by atomic mass is 9.87. The Bertz CT molecular complexity index is 229. The van der Waals surface area contributed by atoms with Crippen molar-refractivity contribution in [2.75, 3.05) is 26.2 Å². The minimum absolute atomic E-state index is 0.813. The number of nitrogens with one attached hydrogen (secondary N) is 1. The Labute approximate surface area is 114 Å². The van der Waals surface area contributed by atoms with Crippen molar-refractivity contribution in [1.82, 2.24) is 10.2 Å². The number of unbranched alkanes of at least 4 members (excludes halogenated alkanes) is 4. The highest BCUT2D eigenvalue weighted by molar-refractivity contribution is 4.89. The molecule has 2 heteroatoms. The molecule has 0 amide bonds. The van der Waals surface area contributed by atoms with Gasteiger partial charge in [0, 0.05) is 12.6 Å². The number of hydrogen-bond acceptors (Lipinski definition) is 2. The molecule has 2 rings (SSSR count). The summed E-state index contributed by atoms with van der Waals surface area (Å²) in [5.41, 5.74) is 0. The van der Waals surface area contributed by atoms with Gasteiger partial charge in [0.25, 0.3) is 0 Å². The highest BCUT2D eigenvalue weighted by atomic mass is 15.2. The first-order valence-electron chi connectivity index (χ1n) is 8.26. The highest BCUT2D eigenvalue weighted by Gasteiger charge is 2.33. The van der Waals surface area contributed by atoms with Crippen LogP contribution >= 0.6 is 0 Å². The van der Waals surface area contributed by atoms with E-state index < -0.39 is 0 Å². The van der Waals surface area contributed by atoms with E-state index in [0.29, 0.717) is 0 Å². The molecule has 0 spiro atoms. The summed E-state index contributed by atoms with van der Waals surface area (Å²) >= 11 is 0. The summed E-state index contributed by atoms with van der Waals surface area (Å²) in [5.74, 6) is 1.93. The molecule has 0 aromatic carbocycles. The maximum atomic E-state index is 3.56. The number of rotatable bonds is 7. The van der Waals surface area contributed by atoms with Gasteiger partial charge in [-0.1, -0.05) is 39.0 Å². The van der Waals surface area contributed by atoms with Crippen LogP contribution in [0.15, 0.2) is 0 Å². The summed E-state index contributed by atoms with van der Waals surface area (Å²) in [7, 11) is 0. The second-order valence-electron chi connectivity index (χ2n) is 6.51. The van der Waals surface area contributed by atoms with Gasteiger partial charge >= 0.3 is 0 Å². The zero-order valence-corrected chi connectivity index (χ0v) is 12.5. The molecule has 2 aliphatic rings. The van der Waals surface area contributed by atoms with E-state index >= 15 is 0 Å². The molecule has 2 aliphatic heterocycles. The highest BCUT2D eigenvalue weighted by Crippen LogP contribution is 2.28. The first kappa shape index (κ1) is 14.3. The number of likely N-dealkylation sites (tertiary alicyclic amines) is 1. The molecule has 2 nitrogen and oxygen atoms in total. The maximum Gasteiger partial charge on any atom is 0.00670 e. The molecule has 2 heterocycles. The molecule has 0 saturated carbocycles. The van der Waals surface area contributed by atoms with Gasteiger partial charge in [-0.25, -0.2) is 0 Å². The summed E-state index contributed by atoms with van der Waals surface area (Å²) in [6.07, 6.45) is 9.94. The largest absolute Gasteiger partial charge is 0.316 e. The monoisotopic (exact) mass is 252 g/mol. The Hall–Kier alpha value is -0.0800. The van der Waals surface area contributed by atoms with Crippen LogP contribution in [0.1, 0.15) is 58.8 Å². The third-order valence-electron chi connectivity index (χ3n) is 5.08. The fourth-order valence-electron chi connectivity index (χ4n) is 3.69. The van der Waals surface area contributed by atoms with Crippen molar-refractivity contribution in [1.29, 1.82) is 0 Å². The lowest BCUT2D eigenvalue weighted by molar-refractivity contribution is 0.105. The van der Waals surface area contributed by atoms with Gasteiger partial charge in [-0.2, -0.15) is 0 Å². The van der Waals surface area contributed by atoms with E-state index in [0.717, 1.165) is 17.9 Å². The van der Waals surface area contributed by atoms with Crippen LogP contribution in [0.5, 0.6) is 0 Å². The van der Waals surface area contributed by atoms with Crippen LogP contribution < -0.4 is 5.32 Å². The molecule has 2 saturated heterocycles. The minimum Gasteiger partial charge on any atom is -0.316 e. The fraction of sp³-hybridized carbons (Fsp3) is 1.00. The van der Waals surface area contributed by atoms with E-state index in [1.165, 1.54) is 71.1 Å². The van der Waals surface area contributed by atoms with Gasteiger partial charge in [-0.3, -0.25) is 0 Å². The van der Waals surface area contributed by atoms with Crippen molar-refractivity contribution in [2.45, 2.75) is 64.8 Å². The maximum absolute atomic E-state index is 3.56. The SMILES string of the molecule is CCCCCCCC(C)N1CCC2CNCC2C1. The van der Waals surface area contributed by atoms with Crippen LogP contribution in [-0.4, -0.2) is 37.1 Å². The molecule has 0 aromatic rings. The molecule has 2 fully saturated rings. The molecular weight excluding hydrogens is 220 g/mol. The van der Waals surface area contributed by atoms with Crippen LogP contribution in [0.2, 0.25) is 0 Å². The fourth-order valence-corrected chi connectivity index (χ4v) is 3.69. The molecular formula is C16H32N2. The molecule has 3 unspecified atom stereocenters. The molecule has 0 bridgehead atoms. The van der Waals surface area contributed by atoms with Crippen molar-refractivity contribution in [3.05, 3.63) is 0 Å². The van der Waals surface area contributed by atoms with Crippen molar-refractivity contribution in [3.63, 3.8) is 0 Å². The van der Waals surface area contributed by atoms with E-state index in [1.807, 2.05) is 0 Å². The van der Waals surface area contributed by atoms with Gasteiger partial charge in [-0.05, 0) is 51.2 Å². The molecule has 0 aliphatic carbocycles. The number of hydrogen-bond donors (Lipinski definition) is 1. The predicted molar refractivity (Wildman–Crippen MR) is 78.9 cm³/mol. The van der Waals surface area contributed by atoms with Crippen molar-refractivity contribution < 1.29 is 0 Å². The zero-order chi connectivity index (χ0) is 12.8. The van der Waals surface area contributed by atoms with Gasteiger partial charge in [-0.15, -0.1) is 0 Å². The Morgan fingerprint density at radius 1 is 1.11 bits per heavy atom. The lowest BCUT2D eigenvalue weighted by Gasteiger charge is -2.38. The second kappa shape index (κ2) is 7.49.